The summed E-state index contributed by atoms with van der Waals surface area (Å²) in [5, 5.41) is 4.80. The molecule has 7 aromatic carbocycles. The van der Waals surface area contributed by atoms with Gasteiger partial charge in [-0.05, 0) is 135 Å². The molecule has 0 saturated carbocycles. The minimum absolute atomic E-state index is 0.0759. The van der Waals surface area contributed by atoms with Crippen LogP contribution in [0.25, 0.3) is 112 Å². The van der Waals surface area contributed by atoms with Crippen LogP contribution in [0.15, 0.2) is 188 Å². The quantitative estimate of drug-likeness (QED) is 0.176. The molecule has 0 radical (unpaired) electrons. The zero-order chi connectivity index (χ0) is 53.2. The van der Waals surface area contributed by atoms with E-state index in [0.29, 0.717) is 17.5 Å². The van der Waals surface area contributed by atoms with Crippen molar-refractivity contribution in [1.29, 1.82) is 0 Å². The predicted octanol–water partition coefficient (Wildman–Crippen LogP) is 17.7. The average molecular weight is 1000 g/mol. The standard InChI is InChI=1S/C70H63N7/c1-67(2,3)44-28-32-58-52(38-44)54-40-46-30-34-60(54)76(58)62-48(56-26-14-16-36-71-56)22-18-24-50(62)65-73-64(43-20-12-11-13-21-43)74-66(75-65)51-25-19-23-49(57-27-15-17-37-72-57)63(51)77-59-33-29-45(68(4,5)6)39-53(59)55-41-47(31-35-61(55)77)70(9,10)42-69(46,7)8/h11-41H,42H2,1-10H3. The van der Waals surface area contributed by atoms with Gasteiger partial charge in [0.25, 0.3) is 0 Å². The van der Waals surface area contributed by atoms with Gasteiger partial charge in [-0.25, -0.2) is 15.0 Å². The monoisotopic (exact) mass is 1000 g/mol. The van der Waals surface area contributed by atoms with Gasteiger partial charge in [-0.2, -0.15) is 0 Å². The molecule has 5 aromatic heterocycles. The average Bonchev–Trinajstić information content (AvgIpc) is 4.12. The van der Waals surface area contributed by atoms with E-state index in [2.05, 4.69) is 224 Å². The van der Waals surface area contributed by atoms with Gasteiger partial charge < -0.3 is 9.13 Å². The fraction of sp³-hybridized carbons (Fsp3) is 0.214. The topological polar surface area (TPSA) is 74.3 Å². The number of rotatable bonds is 3. The second kappa shape index (κ2) is 17.5. The lowest BCUT2D eigenvalue weighted by Gasteiger charge is -2.36. The second-order valence-electron chi connectivity index (χ2n) is 24.5. The highest BCUT2D eigenvalue weighted by molar-refractivity contribution is 6.12. The highest BCUT2D eigenvalue weighted by atomic mass is 15.1. The van der Waals surface area contributed by atoms with Crippen molar-refractivity contribution in [2.75, 3.05) is 0 Å². The first-order valence-corrected chi connectivity index (χ1v) is 27.0. The molecule has 0 unspecified atom stereocenters. The molecule has 77 heavy (non-hydrogen) atoms. The fourth-order valence-corrected chi connectivity index (χ4v) is 12.3. The minimum atomic E-state index is -0.223. The van der Waals surface area contributed by atoms with Gasteiger partial charge in [0, 0.05) is 61.8 Å². The van der Waals surface area contributed by atoms with Gasteiger partial charge in [0.1, 0.15) is 0 Å². The van der Waals surface area contributed by atoms with E-state index < -0.39 is 0 Å². The van der Waals surface area contributed by atoms with E-state index in [1.165, 1.54) is 43.8 Å². The summed E-state index contributed by atoms with van der Waals surface area (Å²) in [5.41, 5.74) is 17.1. The Hall–Kier alpha value is -8.55. The number of pyridine rings is 2. The zero-order valence-electron chi connectivity index (χ0n) is 45.7. The number of benzene rings is 7. The third-order valence-electron chi connectivity index (χ3n) is 16.3. The van der Waals surface area contributed by atoms with E-state index in [0.717, 1.165) is 79.1 Å². The van der Waals surface area contributed by atoms with Gasteiger partial charge in [-0.1, -0.05) is 160 Å². The van der Waals surface area contributed by atoms with Gasteiger partial charge in [0.2, 0.25) is 0 Å². The van der Waals surface area contributed by atoms with Crippen molar-refractivity contribution in [3.05, 3.63) is 211 Å². The molecule has 12 aromatic rings. The lowest BCUT2D eigenvalue weighted by Crippen LogP contribution is -2.29. The Bertz CT molecular complexity index is 4050. The van der Waals surface area contributed by atoms with Crippen molar-refractivity contribution in [3.8, 4) is 68.1 Å². The lowest BCUT2D eigenvalue weighted by atomic mass is 9.68. The maximum absolute atomic E-state index is 5.72. The van der Waals surface area contributed by atoms with E-state index in [9.17, 15) is 0 Å². The molecule has 4 aliphatic rings. The maximum Gasteiger partial charge on any atom is 0.166 e. The summed E-state index contributed by atoms with van der Waals surface area (Å²) in [4.78, 5) is 26.8. The molecule has 9 heterocycles. The van der Waals surface area contributed by atoms with Crippen molar-refractivity contribution in [2.24, 2.45) is 0 Å². The predicted molar refractivity (Wildman–Crippen MR) is 319 cm³/mol. The summed E-state index contributed by atoms with van der Waals surface area (Å²) in [5.74, 6) is 1.67. The number of fused-ring (bicyclic) bond motifs is 2. The summed E-state index contributed by atoms with van der Waals surface area (Å²) < 4.78 is 4.90. The molecule has 0 aliphatic carbocycles. The van der Waals surface area contributed by atoms with Crippen LogP contribution < -0.4 is 0 Å². The number of nitrogens with zero attached hydrogens (tertiary/aromatic N) is 7. The smallest absolute Gasteiger partial charge is 0.166 e. The van der Waals surface area contributed by atoms with Crippen LogP contribution in [0.4, 0.5) is 0 Å². The first-order valence-electron chi connectivity index (χ1n) is 27.0. The molecular formula is C70H63N7. The van der Waals surface area contributed by atoms with Crippen molar-refractivity contribution < 1.29 is 0 Å². The Morgan fingerprint density at radius 2 is 0.766 bits per heavy atom. The molecule has 0 saturated heterocycles. The number of aromatic nitrogens is 7. The molecule has 0 atom stereocenters. The lowest BCUT2D eigenvalue weighted by molar-refractivity contribution is 0.349. The van der Waals surface area contributed by atoms with E-state index in [1.807, 2.05) is 42.7 Å². The molecule has 0 fully saturated rings. The maximum atomic E-state index is 5.72. The van der Waals surface area contributed by atoms with Crippen LogP contribution in [0.5, 0.6) is 0 Å². The summed E-state index contributed by atoms with van der Waals surface area (Å²) in [7, 11) is 0. The minimum Gasteiger partial charge on any atom is -0.308 e. The molecule has 10 bridgehead atoms. The number of hydrogen-bond donors (Lipinski definition) is 0. The summed E-state index contributed by atoms with van der Waals surface area (Å²) in [6, 6.07) is 64.0. The van der Waals surface area contributed by atoms with Gasteiger partial charge in [-0.15, -0.1) is 0 Å². The zero-order valence-corrected chi connectivity index (χ0v) is 45.7. The van der Waals surface area contributed by atoms with E-state index in [-0.39, 0.29) is 21.7 Å². The highest BCUT2D eigenvalue weighted by Crippen LogP contribution is 2.48. The van der Waals surface area contributed by atoms with Crippen LogP contribution in [0, 0.1) is 0 Å². The number of para-hydroxylation sites is 2. The third-order valence-corrected chi connectivity index (χ3v) is 16.3. The Labute approximate surface area is 451 Å². The molecule has 7 nitrogen and oxygen atoms in total. The van der Waals surface area contributed by atoms with Crippen LogP contribution in [0.1, 0.15) is 97.9 Å². The van der Waals surface area contributed by atoms with Crippen LogP contribution in [-0.4, -0.2) is 34.1 Å². The molecule has 7 heteroatoms. The Balaban J connectivity index is 1.23. The van der Waals surface area contributed by atoms with Crippen molar-refractivity contribution in [1.82, 2.24) is 34.1 Å². The van der Waals surface area contributed by atoms with Crippen LogP contribution in [0.2, 0.25) is 0 Å². The molecule has 0 amide bonds. The van der Waals surface area contributed by atoms with Crippen LogP contribution >= 0.6 is 0 Å². The van der Waals surface area contributed by atoms with E-state index in [1.54, 1.807) is 0 Å². The summed E-state index contributed by atoms with van der Waals surface area (Å²) >= 11 is 0. The van der Waals surface area contributed by atoms with Gasteiger partial charge in [0.05, 0.1) is 44.8 Å². The van der Waals surface area contributed by atoms with E-state index in [4.69, 9.17) is 24.9 Å². The second-order valence-corrected chi connectivity index (χ2v) is 24.5. The molecule has 0 spiro atoms. The first kappa shape index (κ1) is 48.1. The van der Waals surface area contributed by atoms with Gasteiger partial charge >= 0.3 is 0 Å². The van der Waals surface area contributed by atoms with Gasteiger partial charge in [0.15, 0.2) is 17.5 Å². The largest absolute Gasteiger partial charge is 0.308 e. The van der Waals surface area contributed by atoms with E-state index >= 15 is 0 Å². The summed E-state index contributed by atoms with van der Waals surface area (Å²) in [6.45, 7) is 23.5. The number of hydrogen-bond acceptors (Lipinski definition) is 5. The SMILES string of the molecule is CC(C)(C)c1ccc2c(c1)c1cc3ccc1n2-c1c(-c2ccccn2)cccc1-c1nc(-c2ccccc2)nc(n1)-c1cccc(-c2ccccn2)c1-n1c2ccc(C(C)(C)C)cc2c2cc(ccc21)C(C)(C)CC3(C)C. The Kier molecular flexibility index (Phi) is 10.9. The van der Waals surface area contributed by atoms with Crippen molar-refractivity contribution in [3.63, 3.8) is 0 Å². The first-order chi connectivity index (χ1) is 36.9. The normalized spacial score (nSPS) is 14.3. The van der Waals surface area contributed by atoms with Crippen LogP contribution in [0.3, 0.4) is 0 Å². The Morgan fingerprint density at radius 3 is 1.18 bits per heavy atom. The Morgan fingerprint density at radius 1 is 0.377 bits per heavy atom. The third kappa shape index (κ3) is 8.05. The van der Waals surface area contributed by atoms with Crippen LogP contribution in [-0.2, 0) is 21.7 Å². The molecule has 16 rings (SSSR count). The van der Waals surface area contributed by atoms with Crippen molar-refractivity contribution >= 4 is 43.6 Å². The molecule has 378 valence electrons. The molecule has 0 N–H and O–H groups in total. The highest BCUT2D eigenvalue weighted by Gasteiger charge is 2.34. The summed E-state index contributed by atoms with van der Waals surface area (Å²) in [6.07, 6.45) is 4.67. The fourth-order valence-electron chi connectivity index (χ4n) is 12.3. The van der Waals surface area contributed by atoms with Gasteiger partial charge in [-0.3, -0.25) is 9.97 Å². The molecular weight excluding hydrogens is 939 g/mol. The van der Waals surface area contributed by atoms with Crippen molar-refractivity contribution in [2.45, 2.75) is 97.3 Å². The molecule has 4 aliphatic heterocycles.